The Kier molecular flexibility index (Phi) is 4.15. The van der Waals surface area contributed by atoms with Gasteiger partial charge in [-0.3, -0.25) is 9.59 Å². The maximum absolute atomic E-state index is 12.7. The Balaban J connectivity index is 1.32. The van der Waals surface area contributed by atoms with E-state index in [2.05, 4.69) is 15.6 Å². The van der Waals surface area contributed by atoms with Crippen molar-refractivity contribution >= 4 is 28.4 Å². The highest BCUT2D eigenvalue weighted by atomic mass is 16.2. The molecule has 28 heavy (non-hydrogen) atoms. The van der Waals surface area contributed by atoms with E-state index in [9.17, 15) is 9.59 Å². The summed E-state index contributed by atoms with van der Waals surface area (Å²) in [5.41, 5.74) is 5.74. The second-order valence-corrected chi connectivity index (χ2v) is 7.83. The van der Waals surface area contributed by atoms with E-state index in [1.54, 1.807) is 24.3 Å². The normalized spacial score (nSPS) is 15.9. The second-order valence-electron chi connectivity index (χ2n) is 7.83. The second kappa shape index (κ2) is 6.82. The zero-order valence-corrected chi connectivity index (χ0v) is 15.7. The van der Waals surface area contributed by atoms with Gasteiger partial charge in [-0.1, -0.05) is 0 Å². The summed E-state index contributed by atoms with van der Waals surface area (Å²) in [6.45, 7) is 0. The Bertz CT molecular complexity index is 1060. The molecule has 2 aromatic carbocycles. The Morgan fingerprint density at radius 2 is 1.64 bits per heavy atom. The van der Waals surface area contributed by atoms with Crippen molar-refractivity contribution in [2.24, 2.45) is 0 Å². The van der Waals surface area contributed by atoms with E-state index in [0.29, 0.717) is 22.9 Å². The van der Waals surface area contributed by atoms with E-state index >= 15 is 0 Å². The van der Waals surface area contributed by atoms with Crippen molar-refractivity contribution in [3.63, 3.8) is 0 Å². The Hall–Kier alpha value is -3.08. The number of anilines is 1. The molecule has 5 rings (SSSR count). The van der Waals surface area contributed by atoms with Crippen molar-refractivity contribution in [3.05, 3.63) is 64.8 Å². The van der Waals surface area contributed by atoms with Crippen LogP contribution in [0, 0.1) is 0 Å². The van der Waals surface area contributed by atoms with Gasteiger partial charge in [-0.15, -0.1) is 0 Å². The molecule has 1 fully saturated rings. The third-order valence-corrected chi connectivity index (χ3v) is 5.68. The van der Waals surface area contributed by atoms with Gasteiger partial charge >= 0.3 is 0 Å². The molecule has 2 aliphatic rings. The van der Waals surface area contributed by atoms with Crippen LogP contribution in [0.4, 0.5) is 5.69 Å². The number of benzene rings is 2. The first kappa shape index (κ1) is 17.0. The molecule has 3 N–H and O–H groups in total. The van der Waals surface area contributed by atoms with Gasteiger partial charge in [0.15, 0.2) is 0 Å². The first-order chi connectivity index (χ1) is 13.7. The number of fused-ring (bicyclic) bond motifs is 3. The van der Waals surface area contributed by atoms with E-state index in [0.717, 1.165) is 36.6 Å². The van der Waals surface area contributed by atoms with Gasteiger partial charge in [0.2, 0.25) is 0 Å². The standard InChI is InChI=1S/C23H23N3O2/c27-22(24-17-10-11-17)14-5-8-16(9-6-14)25-23(28)15-7-12-21-19(13-15)18-3-1-2-4-20(18)26-21/h5-9,12-13,17,26H,1-4,10-11H2,(H,24,27)(H,25,28). The minimum absolute atomic E-state index is 0.0527. The highest BCUT2D eigenvalue weighted by Crippen LogP contribution is 2.30. The van der Waals surface area contributed by atoms with Crippen molar-refractivity contribution in [2.45, 2.75) is 44.6 Å². The number of hydrogen-bond donors (Lipinski definition) is 3. The van der Waals surface area contributed by atoms with Gasteiger partial charge in [0.05, 0.1) is 0 Å². The molecule has 5 nitrogen and oxygen atoms in total. The summed E-state index contributed by atoms with van der Waals surface area (Å²) >= 11 is 0. The van der Waals surface area contributed by atoms with Gasteiger partial charge < -0.3 is 15.6 Å². The molecule has 2 aliphatic carbocycles. The van der Waals surface area contributed by atoms with Crippen LogP contribution in [0.3, 0.4) is 0 Å². The number of aromatic amines is 1. The molecule has 142 valence electrons. The Labute approximate surface area is 163 Å². The van der Waals surface area contributed by atoms with E-state index in [-0.39, 0.29) is 11.8 Å². The molecule has 0 unspecified atom stereocenters. The van der Waals surface area contributed by atoms with Gasteiger partial charge in [-0.05, 0) is 86.6 Å². The number of hydrogen-bond acceptors (Lipinski definition) is 2. The van der Waals surface area contributed by atoms with Crippen molar-refractivity contribution in [3.8, 4) is 0 Å². The molecule has 0 spiro atoms. The summed E-state index contributed by atoms with van der Waals surface area (Å²) in [5.74, 6) is -0.189. The van der Waals surface area contributed by atoms with Crippen molar-refractivity contribution in [1.29, 1.82) is 0 Å². The average molecular weight is 373 g/mol. The summed E-state index contributed by atoms with van der Waals surface area (Å²) in [5, 5.41) is 7.06. The molecular formula is C23H23N3O2. The molecule has 1 heterocycles. The fourth-order valence-corrected chi connectivity index (χ4v) is 3.95. The summed E-state index contributed by atoms with van der Waals surface area (Å²) in [6.07, 6.45) is 6.72. The molecule has 0 saturated heterocycles. The van der Waals surface area contributed by atoms with E-state index < -0.39 is 0 Å². The molecule has 1 saturated carbocycles. The zero-order valence-electron chi connectivity index (χ0n) is 15.7. The monoisotopic (exact) mass is 373 g/mol. The largest absolute Gasteiger partial charge is 0.358 e. The number of aromatic nitrogens is 1. The summed E-state index contributed by atoms with van der Waals surface area (Å²) < 4.78 is 0. The Morgan fingerprint density at radius 3 is 2.43 bits per heavy atom. The summed E-state index contributed by atoms with van der Waals surface area (Å²) in [7, 11) is 0. The van der Waals surface area contributed by atoms with Crippen LogP contribution in [0.1, 0.15) is 57.7 Å². The molecular weight excluding hydrogens is 350 g/mol. The molecule has 0 aliphatic heterocycles. The first-order valence-corrected chi connectivity index (χ1v) is 10.0. The lowest BCUT2D eigenvalue weighted by Crippen LogP contribution is -2.25. The van der Waals surface area contributed by atoms with Crippen LogP contribution in [0.15, 0.2) is 42.5 Å². The van der Waals surface area contributed by atoms with E-state index in [1.165, 1.54) is 24.1 Å². The van der Waals surface area contributed by atoms with Crippen LogP contribution >= 0.6 is 0 Å². The fraction of sp³-hybridized carbons (Fsp3) is 0.304. The average Bonchev–Trinajstić information content (AvgIpc) is 3.45. The maximum Gasteiger partial charge on any atom is 0.255 e. The third kappa shape index (κ3) is 3.28. The van der Waals surface area contributed by atoms with Crippen LogP contribution in [-0.4, -0.2) is 22.8 Å². The van der Waals surface area contributed by atoms with E-state index in [4.69, 9.17) is 0 Å². The molecule has 0 bridgehead atoms. The molecule has 3 aromatic rings. The molecule has 0 atom stereocenters. The van der Waals surface area contributed by atoms with Gasteiger partial charge in [-0.2, -0.15) is 0 Å². The van der Waals surface area contributed by atoms with Crippen LogP contribution < -0.4 is 10.6 Å². The number of amides is 2. The van der Waals surface area contributed by atoms with Crippen molar-refractivity contribution < 1.29 is 9.59 Å². The van der Waals surface area contributed by atoms with Crippen LogP contribution in [0.2, 0.25) is 0 Å². The van der Waals surface area contributed by atoms with Gasteiger partial charge in [-0.25, -0.2) is 0 Å². The number of carbonyl (C=O) groups excluding carboxylic acids is 2. The molecule has 5 heteroatoms. The lowest BCUT2D eigenvalue weighted by atomic mass is 9.95. The zero-order chi connectivity index (χ0) is 19.1. The minimum atomic E-state index is -0.136. The summed E-state index contributed by atoms with van der Waals surface area (Å²) in [4.78, 5) is 28.3. The lowest BCUT2D eigenvalue weighted by Gasteiger charge is -2.11. The number of rotatable bonds is 4. The van der Waals surface area contributed by atoms with Crippen molar-refractivity contribution in [2.75, 3.05) is 5.32 Å². The lowest BCUT2D eigenvalue weighted by molar-refractivity contribution is 0.0950. The number of carbonyl (C=O) groups is 2. The number of aryl methyl sites for hydroxylation is 2. The molecule has 1 aromatic heterocycles. The van der Waals surface area contributed by atoms with E-state index in [1.807, 2.05) is 18.2 Å². The number of H-pyrrole nitrogens is 1. The fourth-order valence-electron chi connectivity index (χ4n) is 3.95. The molecule has 0 radical (unpaired) electrons. The van der Waals surface area contributed by atoms with Gasteiger partial charge in [0.25, 0.3) is 11.8 Å². The SMILES string of the molecule is O=C(Nc1ccc(C(=O)NC2CC2)cc1)c1ccc2[nH]c3c(c2c1)CCCC3. The van der Waals surface area contributed by atoms with Gasteiger partial charge in [0, 0.05) is 39.5 Å². The summed E-state index contributed by atoms with van der Waals surface area (Å²) in [6, 6.07) is 13.2. The third-order valence-electron chi connectivity index (χ3n) is 5.68. The van der Waals surface area contributed by atoms with Crippen LogP contribution in [0.25, 0.3) is 10.9 Å². The topological polar surface area (TPSA) is 74.0 Å². The minimum Gasteiger partial charge on any atom is -0.358 e. The smallest absolute Gasteiger partial charge is 0.255 e. The van der Waals surface area contributed by atoms with Crippen molar-refractivity contribution in [1.82, 2.24) is 10.3 Å². The predicted octanol–water partition coefficient (Wildman–Crippen LogP) is 4.19. The van der Waals surface area contributed by atoms with Crippen LogP contribution in [0.5, 0.6) is 0 Å². The highest BCUT2D eigenvalue weighted by Gasteiger charge is 2.23. The quantitative estimate of drug-likeness (QED) is 0.641. The first-order valence-electron chi connectivity index (χ1n) is 10.0. The maximum atomic E-state index is 12.7. The predicted molar refractivity (Wildman–Crippen MR) is 110 cm³/mol. The molecule has 2 amide bonds. The highest BCUT2D eigenvalue weighted by molar-refractivity contribution is 6.07. The number of nitrogens with one attached hydrogen (secondary N) is 3. The Morgan fingerprint density at radius 1 is 0.893 bits per heavy atom. The van der Waals surface area contributed by atoms with Gasteiger partial charge in [0.1, 0.15) is 0 Å². The van der Waals surface area contributed by atoms with Crippen LogP contribution in [-0.2, 0) is 12.8 Å².